The van der Waals surface area contributed by atoms with Crippen LogP contribution >= 0.6 is 0 Å². The molecule has 1 N–H and O–H groups in total. The first-order chi connectivity index (χ1) is 8.69. The molecule has 2 aromatic rings. The molecule has 0 saturated heterocycles. The van der Waals surface area contributed by atoms with Gasteiger partial charge in [0.15, 0.2) is 0 Å². The molecular weight excluding hydrogens is 226 g/mol. The van der Waals surface area contributed by atoms with Crippen molar-refractivity contribution < 1.29 is 0 Å². The van der Waals surface area contributed by atoms with E-state index < -0.39 is 0 Å². The number of hydrogen-bond donors (Lipinski definition) is 1. The van der Waals surface area contributed by atoms with Crippen molar-refractivity contribution in [1.82, 2.24) is 19.3 Å². The van der Waals surface area contributed by atoms with Gasteiger partial charge in [-0.1, -0.05) is 6.92 Å². The van der Waals surface area contributed by atoms with Crippen LogP contribution in [0, 0.1) is 6.92 Å². The van der Waals surface area contributed by atoms with E-state index in [1.807, 2.05) is 24.9 Å². The maximum Gasteiger partial charge on any atom is 0.203 e. The van der Waals surface area contributed by atoms with Crippen molar-refractivity contribution in [2.45, 2.75) is 33.2 Å². The fraction of sp³-hybridized carbons (Fsp3) is 0.538. The highest BCUT2D eigenvalue weighted by atomic mass is 15.2. The van der Waals surface area contributed by atoms with Crippen molar-refractivity contribution in [1.29, 1.82) is 0 Å². The summed E-state index contributed by atoms with van der Waals surface area (Å²) in [6, 6.07) is 0. The maximum absolute atomic E-state index is 4.50. The van der Waals surface area contributed by atoms with E-state index in [2.05, 4.69) is 39.3 Å². The van der Waals surface area contributed by atoms with E-state index in [-0.39, 0.29) is 0 Å². The number of hydrogen-bond acceptors (Lipinski definition) is 3. The number of nitrogens with zero attached hydrogens (tertiary/aromatic N) is 4. The number of aromatic nitrogens is 4. The average Bonchev–Trinajstić information content (AvgIpc) is 2.90. The molecular formula is C13H21N5. The largest absolute Gasteiger partial charge is 0.356 e. The summed E-state index contributed by atoms with van der Waals surface area (Å²) in [5.41, 5.74) is 2.31. The highest BCUT2D eigenvalue weighted by Crippen LogP contribution is 2.10. The molecule has 2 heterocycles. The fourth-order valence-electron chi connectivity index (χ4n) is 1.95. The van der Waals surface area contributed by atoms with Crippen LogP contribution in [-0.2, 0) is 20.0 Å². The highest BCUT2D eigenvalue weighted by molar-refractivity contribution is 5.28. The predicted molar refractivity (Wildman–Crippen MR) is 72.7 cm³/mol. The van der Waals surface area contributed by atoms with Gasteiger partial charge in [0, 0.05) is 32.5 Å². The normalized spacial score (nSPS) is 10.8. The molecule has 0 atom stereocenters. The van der Waals surface area contributed by atoms with Crippen LogP contribution in [0.2, 0.25) is 0 Å². The molecule has 0 aromatic carbocycles. The van der Waals surface area contributed by atoms with E-state index in [0.29, 0.717) is 0 Å². The summed E-state index contributed by atoms with van der Waals surface area (Å²) in [6.45, 7) is 6.07. The molecule has 0 saturated carbocycles. The van der Waals surface area contributed by atoms with Gasteiger partial charge in [0.1, 0.15) is 0 Å². The lowest BCUT2D eigenvalue weighted by Crippen LogP contribution is -2.09. The van der Waals surface area contributed by atoms with Crippen LogP contribution in [0.15, 0.2) is 18.6 Å². The summed E-state index contributed by atoms with van der Waals surface area (Å²) in [5.74, 6) is 0.971. The molecule has 5 heteroatoms. The monoisotopic (exact) mass is 247 g/mol. The number of anilines is 1. The number of aryl methyl sites for hydroxylation is 4. The number of imidazole rings is 1. The Morgan fingerprint density at radius 3 is 2.83 bits per heavy atom. The zero-order chi connectivity index (χ0) is 13.0. The van der Waals surface area contributed by atoms with E-state index in [1.54, 1.807) is 0 Å². The standard InChI is InChI=1S/C13H21N5/c1-4-6-14-13-16-11(2)9-18(13)7-5-12-8-15-17(3)10-12/h8-10H,4-7H2,1-3H3,(H,14,16). The van der Waals surface area contributed by atoms with Gasteiger partial charge in [-0.25, -0.2) is 4.98 Å². The van der Waals surface area contributed by atoms with Crippen LogP contribution in [-0.4, -0.2) is 25.9 Å². The Labute approximate surface area is 108 Å². The van der Waals surface area contributed by atoms with Gasteiger partial charge in [0.2, 0.25) is 5.95 Å². The lowest BCUT2D eigenvalue weighted by molar-refractivity contribution is 0.696. The van der Waals surface area contributed by atoms with Gasteiger partial charge in [-0.15, -0.1) is 0 Å². The lowest BCUT2D eigenvalue weighted by Gasteiger charge is -2.08. The SMILES string of the molecule is CCCNc1nc(C)cn1CCc1cnn(C)c1. The predicted octanol–water partition coefficient (Wildman–Crippen LogP) is 1.99. The summed E-state index contributed by atoms with van der Waals surface area (Å²) < 4.78 is 4.02. The summed E-state index contributed by atoms with van der Waals surface area (Å²) in [7, 11) is 1.94. The van der Waals surface area contributed by atoms with E-state index in [4.69, 9.17) is 0 Å². The van der Waals surface area contributed by atoms with E-state index in [9.17, 15) is 0 Å². The molecule has 5 nitrogen and oxygen atoms in total. The van der Waals surface area contributed by atoms with Gasteiger partial charge in [0.05, 0.1) is 11.9 Å². The molecule has 18 heavy (non-hydrogen) atoms. The minimum atomic E-state index is 0.929. The topological polar surface area (TPSA) is 47.7 Å². The van der Waals surface area contributed by atoms with Gasteiger partial charge in [-0.2, -0.15) is 5.10 Å². The fourth-order valence-corrected chi connectivity index (χ4v) is 1.95. The van der Waals surface area contributed by atoms with Crippen molar-refractivity contribution in [3.8, 4) is 0 Å². The van der Waals surface area contributed by atoms with Gasteiger partial charge in [-0.3, -0.25) is 4.68 Å². The highest BCUT2D eigenvalue weighted by Gasteiger charge is 2.05. The van der Waals surface area contributed by atoms with Crippen LogP contribution in [0.4, 0.5) is 5.95 Å². The van der Waals surface area contributed by atoms with Crippen molar-refractivity contribution in [3.05, 3.63) is 29.8 Å². The van der Waals surface area contributed by atoms with Crippen molar-refractivity contribution in [2.75, 3.05) is 11.9 Å². The minimum Gasteiger partial charge on any atom is -0.356 e. The minimum absolute atomic E-state index is 0.929. The average molecular weight is 247 g/mol. The number of rotatable bonds is 6. The molecule has 0 fully saturated rings. The molecule has 0 radical (unpaired) electrons. The van der Waals surface area contributed by atoms with Gasteiger partial charge < -0.3 is 9.88 Å². The third-order valence-electron chi connectivity index (χ3n) is 2.83. The third-order valence-corrected chi connectivity index (χ3v) is 2.83. The first-order valence-corrected chi connectivity index (χ1v) is 6.44. The molecule has 0 bridgehead atoms. The van der Waals surface area contributed by atoms with Crippen molar-refractivity contribution in [2.24, 2.45) is 7.05 Å². The first-order valence-electron chi connectivity index (χ1n) is 6.44. The summed E-state index contributed by atoms with van der Waals surface area (Å²) in [6.07, 6.45) is 8.15. The second kappa shape index (κ2) is 5.71. The Hall–Kier alpha value is -1.78. The van der Waals surface area contributed by atoms with Crippen LogP contribution in [0.1, 0.15) is 24.6 Å². The molecule has 0 aliphatic carbocycles. The van der Waals surface area contributed by atoms with Crippen LogP contribution in [0.25, 0.3) is 0 Å². The molecule has 98 valence electrons. The molecule has 0 aliphatic rings. The zero-order valence-electron chi connectivity index (χ0n) is 11.3. The molecule has 0 unspecified atom stereocenters. The molecule has 0 spiro atoms. The van der Waals surface area contributed by atoms with Crippen LogP contribution in [0.5, 0.6) is 0 Å². The smallest absolute Gasteiger partial charge is 0.203 e. The molecule has 2 rings (SSSR count). The van der Waals surface area contributed by atoms with Crippen LogP contribution in [0.3, 0.4) is 0 Å². The number of nitrogens with one attached hydrogen (secondary N) is 1. The van der Waals surface area contributed by atoms with Gasteiger partial charge in [0.25, 0.3) is 0 Å². The Morgan fingerprint density at radius 2 is 2.17 bits per heavy atom. The van der Waals surface area contributed by atoms with Gasteiger partial charge in [-0.05, 0) is 25.3 Å². The zero-order valence-corrected chi connectivity index (χ0v) is 11.3. The molecule has 0 aliphatic heterocycles. The van der Waals surface area contributed by atoms with E-state index >= 15 is 0 Å². The summed E-state index contributed by atoms with van der Waals surface area (Å²) in [5, 5.41) is 7.54. The van der Waals surface area contributed by atoms with Crippen LogP contribution < -0.4 is 5.32 Å². The molecule has 2 aromatic heterocycles. The molecule has 0 amide bonds. The first kappa shape index (κ1) is 12.7. The Kier molecular flexibility index (Phi) is 4.02. The Balaban J connectivity index is 1.99. The summed E-state index contributed by atoms with van der Waals surface area (Å²) in [4.78, 5) is 4.50. The van der Waals surface area contributed by atoms with E-state index in [1.165, 1.54) is 5.56 Å². The third kappa shape index (κ3) is 3.12. The van der Waals surface area contributed by atoms with Gasteiger partial charge >= 0.3 is 0 Å². The maximum atomic E-state index is 4.50. The van der Waals surface area contributed by atoms with Crippen molar-refractivity contribution in [3.63, 3.8) is 0 Å². The van der Waals surface area contributed by atoms with Crippen molar-refractivity contribution >= 4 is 5.95 Å². The Morgan fingerprint density at radius 1 is 1.33 bits per heavy atom. The second-order valence-electron chi connectivity index (χ2n) is 4.60. The quantitative estimate of drug-likeness (QED) is 0.849. The van der Waals surface area contributed by atoms with E-state index in [0.717, 1.165) is 37.6 Å². The Bertz CT molecular complexity index is 497. The summed E-state index contributed by atoms with van der Waals surface area (Å²) >= 11 is 0. The second-order valence-corrected chi connectivity index (χ2v) is 4.60. The lowest BCUT2D eigenvalue weighted by atomic mass is 10.2.